The molecular formula is C23H21F3N2O5S. The highest BCUT2D eigenvalue weighted by molar-refractivity contribution is 7.92. The van der Waals surface area contributed by atoms with Gasteiger partial charge in [0.15, 0.2) is 6.10 Å². The molecule has 0 aliphatic heterocycles. The molecule has 34 heavy (non-hydrogen) atoms. The van der Waals surface area contributed by atoms with E-state index >= 15 is 0 Å². The molecule has 1 amide bonds. The van der Waals surface area contributed by atoms with E-state index in [4.69, 9.17) is 9.47 Å². The van der Waals surface area contributed by atoms with Gasteiger partial charge in [-0.1, -0.05) is 6.07 Å². The molecule has 0 aliphatic rings. The number of carbonyl (C=O) groups excluding carboxylic acids is 1. The van der Waals surface area contributed by atoms with E-state index in [0.29, 0.717) is 23.3 Å². The van der Waals surface area contributed by atoms with Gasteiger partial charge in [-0.15, -0.1) is 0 Å². The van der Waals surface area contributed by atoms with Crippen LogP contribution in [0.5, 0.6) is 11.5 Å². The van der Waals surface area contributed by atoms with Gasteiger partial charge >= 0.3 is 6.18 Å². The SMILES string of the molecule is COc1ccc(O[C@H](C)C(=O)Nc2ccc(S(=O)(=O)Nc3cccc(C(F)(F)F)c3)cc2)cc1. The zero-order valence-electron chi connectivity index (χ0n) is 18.1. The van der Waals surface area contributed by atoms with E-state index in [1.807, 2.05) is 0 Å². The van der Waals surface area contributed by atoms with Crippen molar-refractivity contribution in [3.8, 4) is 11.5 Å². The van der Waals surface area contributed by atoms with Gasteiger partial charge in [0.25, 0.3) is 15.9 Å². The Labute approximate surface area is 194 Å². The average molecular weight is 494 g/mol. The number of amides is 1. The molecule has 0 aromatic heterocycles. The Balaban J connectivity index is 1.63. The number of sulfonamides is 1. The molecule has 2 N–H and O–H groups in total. The van der Waals surface area contributed by atoms with E-state index in [0.717, 1.165) is 12.1 Å². The van der Waals surface area contributed by atoms with Crippen LogP contribution >= 0.6 is 0 Å². The van der Waals surface area contributed by atoms with Crippen molar-refractivity contribution in [2.75, 3.05) is 17.1 Å². The molecule has 3 aromatic rings. The lowest BCUT2D eigenvalue weighted by atomic mass is 10.2. The molecule has 0 bridgehead atoms. The molecule has 0 heterocycles. The Morgan fingerprint density at radius 1 is 0.912 bits per heavy atom. The number of benzene rings is 3. The Hall–Kier alpha value is -3.73. The molecule has 11 heteroatoms. The predicted molar refractivity (Wildman–Crippen MR) is 120 cm³/mol. The van der Waals surface area contributed by atoms with Gasteiger partial charge in [0.1, 0.15) is 11.5 Å². The second-order valence-electron chi connectivity index (χ2n) is 7.13. The maximum atomic E-state index is 12.9. The summed E-state index contributed by atoms with van der Waals surface area (Å²) in [5.74, 6) is 0.640. The third kappa shape index (κ3) is 6.41. The molecule has 7 nitrogen and oxygen atoms in total. The number of hydrogen-bond donors (Lipinski definition) is 2. The lowest BCUT2D eigenvalue weighted by Gasteiger charge is -2.15. The Bertz CT molecular complexity index is 1240. The van der Waals surface area contributed by atoms with Crippen molar-refractivity contribution in [2.45, 2.75) is 24.1 Å². The maximum Gasteiger partial charge on any atom is 0.416 e. The first-order valence-corrected chi connectivity index (χ1v) is 11.4. The fourth-order valence-corrected chi connectivity index (χ4v) is 3.90. The van der Waals surface area contributed by atoms with Crippen molar-refractivity contribution in [1.29, 1.82) is 0 Å². The summed E-state index contributed by atoms with van der Waals surface area (Å²) in [6.45, 7) is 1.55. The summed E-state index contributed by atoms with van der Waals surface area (Å²) < 4.78 is 76.4. The van der Waals surface area contributed by atoms with Gasteiger partial charge in [-0.25, -0.2) is 8.42 Å². The quantitative estimate of drug-likeness (QED) is 0.464. The van der Waals surface area contributed by atoms with Crippen molar-refractivity contribution in [3.05, 3.63) is 78.4 Å². The molecule has 180 valence electrons. The normalized spacial score (nSPS) is 12.5. The second kappa shape index (κ2) is 10.0. The zero-order chi connectivity index (χ0) is 24.9. The average Bonchev–Trinajstić information content (AvgIpc) is 2.79. The van der Waals surface area contributed by atoms with Crippen LogP contribution in [-0.2, 0) is 21.0 Å². The fourth-order valence-electron chi connectivity index (χ4n) is 2.85. The minimum atomic E-state index is -4.60. The highest BCUT2D eigenvalue weighted by Gasteiger charge is 2.30. The molecule has 0 spiro atoms. The van der Waals surface area contributed by atoms with Crippen molar-refractivity contribution in [2.24, 2.45) is 0 Å². The fraction of sp³-hybridized carbons (Fsp3) is 0.174. The van der Waals surface area contributed by atoms with Crippen molar-refractivity contribution in [1.82, 2.24) is 0 Å². The van der Waals surface area contributed by atoms with Crippen LogP contribution in [0.1, 0.15) is 12.5 Å². The number of halogens is 3. The number of nitrogens with one attached hydrogen (secondary N) is 2. The van der Waals surface area contributed by atoms with Crippen LogP contribution in [0.25, 0.3) is 0 Å². The first kappa shape index (κ1) is 24.9. The van der Waals surface area contributed by atoms with Crippen LogP contribution in [0, 0.1) is 0 Å². The van der Waals surface area contributed by atoms with Gasteiger partial charge in [-0.2, -0.15) is 13.2 Å². The Kier molecular flexibility index (Phi) is 7.35. The molecule has 0 unspecified atom stereocenters. The molecule has 0 aliphatic carbocycles. The lowest BCUT2D eigenvalue weighted by Crippen LogP contribution is -2.30. The molecule has 0 radical (unpaired) electrons. The predicted octanol–water partition coefficient (Wildman–Crippen LogP) is 4.92. The van der Waals surface area contributed by atoms with Crippen LogP contribution < -0.4 is 19.5 Å². The zero-order valence-corrected chi connectivity index (χ0v) is 18.9. The number of rotatable bonds is 8. The maximum absolute atomic E-state index is 12.9. The summed E-state index contributed by atoms with van der Waals surface area (Å²) in [6, 6.07) is 15.7. The van der Waals surface area contributed by atoms with Crippen LogP contribution in [0.15, 0.2) is 77.7 Å². The van der Waals surface area contributed by atoms with Gasteiger partial charge in [0, 0.05) is 11.4 Å². The number of hydrogen-bond acceptors (Lipinski definition) is 5. The molecule has 1 atom stereocenters. The van der Waals surface area contributed by atoms with Crippen LogP contribution in [0.2, 0.25) is 0 Å². The third-order valence-electron chi connectivity index (χ3n) is 4.62. The number of carbonyl (C=O) groups is 1. The number of methoxy groups -OCH3 is 1. The largest absolute Gasteiger partial charge is 0.497 e. The molecule has 0 fully saturated rings. The van der Waals surface area contributed by atoms with E-state index in [-0.39, 0.29) is 10.6 Å². The molecule has 3 aromatic carbocycles. The molecule has 0 saturated heterocycles. The molecule has 0 saturated carbocycles. The monoisotopic (exact) mass is 494 g/mol. The Morgan fingerprint density at radius 3 is 2.12 bits per heavy atom. The van der Waals surface area contributed by atoms with Gasteiger partial charge in [0.05, 0.1) is 17.6 Å². The van der Waals surface area contributed by atoms with E-state index < -0.39 is 33.8 Å². The van der Waals surface area contributed by atoms with Crippen molar-refractivity contribution >= 4 is 27.3 Å². The van der Waals surface area contributed by atoms with E-state index in [2.05, 4.69) is 10.0 Å². The van der Waals surface area contributed by atoms with Crippen LogP contribution in [0.3, 0.4) is 0 Å². The molecule has 3 rings (SSSR count). The van der Waals surface area contributed by atoms with Gasteiger partial charge in [-0.05, 0) is 73.7 Å². The first-order chi connectivity index (χ1) is 16.0. The van der Waals surface area contributed by atoms with Crippen molar-refractivity contribution < 1.29 is 35.9 Å². The highest BCUT2D eigenvalue weighted by Crippen LogP contribution is 2.31. The summed E-state index contributed by atoms with van der Waals surface area (Å²) in [5, 5.41) is 2.61. The topological polar surface area (TPSA) is 93.7 Å². The summed E-state index contributed by atoms with van der Waals surface area (Å²) in [5.41, 5.74) is -0.887. The standard InChI is InChI=1S/C23H21F3N2O5S/c1-15(33-20-10-8-19(32-2)9-11-20)22(29)27-17-6-12-21(13-7-17)34(30,31)28-18-5-3-4-16(14-18)23(24,25)26/h3-15,28H,1-2H3,(H,27,29)/t15-/m1/s1. The first-order valence-electron chi connectivity index (χ1n) is 9.89. The van der Waals surface area contributed by atoms with Gasteiger partial charge in [-0.3, -0.25) is 9.52 Å². The number of alkyl halides is 3. The number of anilines is 2. The smallest absolute Gasteiger partial charge is 0.416 e. The summed E-state index contributed by atoms with van der Waals surface area (Å²) >= 11 is 0. The summed E-state index contributed by atoms with van der Waals surface area (Å²) in [6.07, 6.45) is -5.45. The van der Waals surface area contributed by atoms with E-state index in [1.165, 1.54) is 37.4 Å². The van der Waals surface area contributed by atoms with Crippen molar-refractivity contribution in [3.63, 3.8) is 0 Å². The summed E-state index contributed by atoms with van der Waals surface area (Å²) in [7, 11) is -2.62. The van der Waals surface area contributed by atoms with Gasteiger partial charge in [0.2, 0.25) is 0 Å². The van der Waals surface area contributed by atoms with Gasteiger partial charge < -0.3 is 14.8 Å². The lowest BCUT2D eigenvalue weighted by molar-refractivity contribution is -0.137. The van der Waals surface area contributed by atoms with E-state index in [1.54, 1.807) is 31.2 Å². The highest BCUT2D eigenvalue weighted by atomic mass is 32.2. The second-order valence-corrected chi connectivity index (χ2v) is 8.82. The Morgan fingerprint density at radius 2 is 1.53 bits per heavy atom. The minimum absolute atomic E-state index is 0.189. The third-order valence-corrected chi connectivity index (χ3v) is 6.01. The summed E-state index contributed by atoms with van der Waals surface area (Å²) in [4.78, 5) is 12.2. The number of ether oxygens (including phenoxy) is 2. The van der Waals surface area contributed by atoms with E-state index in [9.17, 15) is 26.4 Å². The minimum Gasteiger partial charge on any atom is -0.497 e. The molecular weight excluding hydrogens is 473 g/mol. The van der Waals surface area contributed by atoms with Crippen LogP contribution in [0.4, 0.5) is 24.5 Å². The van der Waals surface area contributed by atoms with Crippen LogP contribution in [-0.4, -0.2) is 27.5 Å².